The largest absolute Gasteiger partial charge is 0.324 e. The molecular formula is C24H25ClN4O2. The first-order valence-corrected chi connectivity index (χ1v) is 10.7. The summed E-state index contributed by atoms with van der Waals surface area (Å²) in [5.41, 5.74) is 4.18. The van der Waals surface area contributed by atoms with E-state index >= 15 is 0 Å². The van der Waals surface area contributed by atoms with Gasteiger partial charge < -0.3 is 5.32 Å². The number of nitrogens with zero attached hydrogens (tertiary/aromatic N) is 3. The van der Waals surface area contributed by atoms with Crippen molar-refractivity contribution in [3.63, 3.8) is 0 Å². The Hall–Kier alpha value is -2.96. The molecule has 0 bridgehead atoms. The maximum Gasteiger partial charge on any atom is 0.257 e. The van der Waals surface area contributed by atoms with Gasteiger partial charge in [-0.3, -0.25) is 19.1 Å². The summed E-state index contributed by atoms with van der Waals surface area (Å²) in [6.07, 6.45) is 0.628. The van der Waals surface area contributed by atoms with Crippen LogP contribution in [-0.2, 0) is 30.8 Å². The molecule has 3 aromatic rings. The molecule has 0 atom stereocenters. The Balaban J connectivity index is 1.48. The first-order chi connectivity index (χ1) is 14.9. The molecule has 160 valence electrons. The molecule has 1 aliphatic heterocycles. The van der Waals surface area contributed by atoms with Crippen molar-refractivity contribution >= 4 is 23.2 Å². The zero-order chi connectivity index (χ0) is 22.0. The van der Waals surface area contributed by atoms with Crippen molar-refractivity contribution in [2.45, 2.75) is 39.9 Å². The van der Waals surface area contributed by atoms with E-state index in [1.54, 1.807) is 19.1 Å². The van der Waals surface area contributed by atoms with Gasteiger partial charge in [0, 0.05) is 35.9 Å². The fourth-order valence-corrected chi connectivity index (χ4v) is 4.06. The zero-order valence-electron chi connectivity index (χ0n) is 17.7. The van der Waals surface area contributed by atoms with Crippen LogP contribution < -0.4 is 10.9 Å². The highest BCUT2D eigenvalue weighted by Gasteiger charge is 2.23. The van der Waals surface area contributed by atoms with Crippen molar-refractivity contribution < 1.29 is 4.79 Å². The lowest BCUT2D eigenvalue weighted by Gasteiger charge is -2.28. The van der Waals surface area contributed by atoms with Crippen LogP contribution in [0.25, 0.3) is 0 Å². The summed E-state index contributed by atoms with van der Waals surface area (Å²) >= 11 is 6.13. The molecule has 1 aromatic heterocycles. The van der Waals surface area contributed by atoms with Crippen LogP contribution >= 0.6 is 11.6 Å². The highest BCUT2D eigenvalue weighted by Crippen LogP contribution is 2.20. The normalized spacial score (nSPS) is 13.6. The van der Waals surface area contributed by atoms with Crippen molar-refractivity contribution in [3.05, 3.63) is 92.1 Å². The minimum absolute atomic E-state index is 0.0792. The average Bonchev–Trinajstić information content (AvgIpc) is 2.74. The fraction of sp³-hybridized carbons (Fsp3) is 0.292. The van der Waals surface area contributed by atoms with Gasteiger partial charge in [0.1, 0.15) is 12.4 Å². The number of amides is 1. The Morgan fingerprint density at radius 1 is 1.16 bits per heavy atom. The topological polar surface area (TPSA) is 67.2 Å². The van der Waals surface area contributed by atoms with E-state index in [-0.39, 0.29) is 18.0 Å². The van der Waals surface area contributed by atoms with E-state index in [2.05, 4.69) is 27.3 Å². The number of fused-ring (bicyclic) bond motifs is 1. The van der Waals surface area contributed by atoms with Gasteiger partial charge in [0.15, 0.2) is 0 Å². The summed E-state index contributed by atoms with van der Waals surface area (Å²) in [6.45, 7) is 5.84. The third-order valence-corrected chi connectivity index (χ3v) is 6.00. The van der Waals surface area contributed by atoms with E-state index in [0.717, 1.165) is 24.3 Å². The van der Waals surface area contributed by atoms with Crippen molar-refractivity contribution in [2.24, 2.45) is 0 Å². The van der Waals surface area contributed by atoms with Gasteiger partial charge in [-0.05, 0) is 43.5 Å². The molecule has 7 heteroatoms. The molecule has 2 heterocycles. The number of rotatable bonds is 5. The SMILES string of the molecule is Cc1ccc(NC(=O)Cn2c(C)nc3c(c2=O)CCN(Cc2ccccc2)C3)cc1Cl. The summed E-state index contributed by atoms with van der Waals surface area (Å²) in [5, 5.41) is 3.39. The van der Waals surface area contributed by atoms with Crippen LogP contribution in [0, 0.1) is 13.8 Å². The predicted molar refractivity (Wildman–Crippen MR) is 122 cm³/mol. The molecule has 0 aliphatic carbocycles. The summed E-state index contributed by atoms with van der Waals surface area (Å²) in [5.74, 6) is 0.260. The summed E-state index contributed by atoms with van der Waals surface area (Å²) < 4.78 is 1.46. The molecule has 1 amide bonds. The van der Waals surface area contributed by atoms with Crippen molar-refractivity contribution in [1.82, 2.24) is 14.5 Å². The van der Waals surface area contributed by atoms with Crippen molar-refractivity contribution in [1.29, 1.82) is 0 Å². The third kappa shape index (κ3) is 4.86. The van der Waals surface area contributed by atoms with E-state index in [4.69, 9.17) is 11.6 Å². The Morgan fingerprint density at radius 3 is 2.68 bits per heavy atom. The van der Waals surface area contributed by atoms with E-state index < -0.39 is 0 Å². The Morgan fingerprint density at radius 2 is 1.94 bits per heavy atom. The van der Waals surface area contributed by atoms with Gasteiger partial charge in [0.05, 0.1) is 5.69 Å². The third-order valence-electron chi connectivity index (χ3n) is 5.60. The number of halogens is 1. The molecule has 6 nitrogen and oxygen atoms in total. The number of aromatic nitrogens is 2. The van der Waals surface area contributed by atoms with Gasteiger partial charge >= 0.3 is 0 Å². The van der Waals surface area contributed by atoms with E-state index in [1.807, 2.05) is 31.2 Å². The average molecular weight is 437 g/mol. The maximum absolute atomic E-state index is 13.1. The monoisotopic (exact) mass is 436 g/mol. The van der Waals surface area contributed by atoms with Gasteiger partial charge in [-0.1, -0.05) is 48.0 Å². The van der Waals surface area contributed by atoms with Gasteiger partial charge in [-0.2, -0.15) is 0 Å². The molecule has 0 saturated carbocycles. The number of benzene rings is 2. The molecular weight excluding hydrogens is 412 g/mol. The number of anilines is 1. The lowest BCUT2D eigenvalue weighted by molar-refractivity contribution is -0.116. The van der Waals surface area contributed by atoms with E-state index in [0.29, 0.717) is 35.1 Å². The first-order valence-electron chi connectivity index (χ1n) is 10.3. The lowest BCUT2D eigenvalue weighted by Crippen LogP contribution is -2.39. The first kappa shape index (κ1) is 21.3. The van der Waals surface area contributed by atoms with Crippen LogP contribution in [-0.4, -0.2) is 26.9 Å². The maximum atomic E-state index is 13.1. The van der Waals surface area contributed by atoms with Gasteiger partial charge in [0.2, 0.25) is 5.91 Å². The minimum Gasteiger partial charge on any atom is -0.324 e. The molecule has 31 heavy (non-hydrogen) atoms. The summed E-state index contributed by atoms with van der Waals surface area (Å²) in [4.78, 5) is 32.6. The molecule has 0 fully saturated rings. The minimum atomic E-state index is -0.284. The Kier molecular flexibility index (Phi) is 6.20. The van der Waals surface area contributed by atoms with Gasteiger partial charge in [-0.25, -0.2) is 4.98 Å². The standard InChI is InChI=1S/C24H25ClN4O2/c1-16-8-9-19(12-21(16)25)27-23(30)15-29-17(2)26-22-14-28(11-10-20(22)24(29)31)13-18-6-4-3-5-7-18/h3-9,12H,10-11,13-15H2,1-2H3,(H,27,30). The second kappa shape index (κ2) is 9.04. The van der Waals surface area contributed by atoms with Crippen LogP contribution in [0.3, 0.4) is 0 Å². The lowest BCUT2D eigenvalue weighted by atomic mass is 10.1. The molecule has 0 radical (unpaired) electrons. The van der Waals surface area contributed by atoms with Crippen LogP contribution in [0.4, 0.5) is 5.69 Å². The van der Waals surface area contributed by atoms with Crippen LogP contribution in [0.1, 0.15) is 28.2 Å². The number of hydrogen-bond donors (Lipinski definition) is 1. The number of hydrogen-bond acceptors (Lipinski definition) is 4. The highest BCUT2D eigenvalue weighted by atomic mass is 35.5. The van der Waals surface area contributed by atoms with E-state index in [1.165, 1.54) is 10.1 Å². The van der Waals surface area contributed by atoms with Gasteiger partial charge in [-0.15, -0.1) is 0 Å². The summed E-state index contributed by atoms with van der Waals surface area (Å²) in [7, 11) is 0. The highest BCUT2D eigenvalue weighted by molar-refractivity contribution is 6.31. The molecule has 0 spiro atoms. The number of aryl methyl sites for hydroxylation is 2. The molecule has 4 rings (SSSR count). The van der Waals surface area contributed by atoms with Crippen molar-refractivity contribution in [3.8, 4) is 0 Å². The molecule has 2 aromatic carbocycles. The van der Waals surface area contributed by atoms with Crippen LogP contribution in [0.5, 0.6) is 0 Å². The molecule has 1 aliphatic rings. The Bertz CT molecular complexity index is 1170. The predicted octanol–water partition coefficient (Wildman–Crippen LogP) is 3.71. The summed E-state index contributed by atoms with van der Waals surface area (Å²) in [6, 6.07) is 15.6. The second-order valence-electron chi connectivity index (χ2n) is 7.93. The number of carbonyl (C=O) groups is 1. The molecule has 0 unspecified atom stereocenters. The van der Waals surface area contributed by atoms with Crippen molar-refractivity contribution in [2.75, 3.05) is 11.9 Å². The molecule has 1 N–H and O–H groups in total. The number of nitrogens with one attached hydrogen (secondary N) is 1. The van der Waals surface area contributed by atoms with Gasteiger partial charge in [0.25, 0.3) is 5.56 Å². The van der Waals surface area contributed by atoms with E-state index in [9.17, 15) is 9.59 Å². The quantitative estimate of drug-likeness (QED) is 0.662. The van der Waals surface area contributed by atoms with Crippen LogP contribution in [0.2, 0.25) is 5.02 Å². The Labute approximate surface area is 186 Å². The number of carbonyl (C=O) groups excluding carboxylic acids is 1. The smallest absolute Gasteiger partial charge is 0.257 e. The fourth-order valence-electron chi connectivity index (χ4n) is 3.88. The van der Waals surface area contributed by atoms with Crippen LogP contribution in [0.15, 0.2) is 53.3 Å². The molecule has 0 saturated heterocycles. The second-order valence-corrected chi connectivity index (χ2v) is 8.34. The zero-order valence-corrected chi connectivity index (χ0v) is 18.4.